The molecule has 3 unspecified atom stereocenters. The van der Waals surface area contributed by atoms with E-state index in [2.05, 4.69) is 26.0 Å². The molecule has 152 valence electrons. The van der Waals surface area contributed by atoms with Crippen molar-refractivity contribution in [3.8, 4) is 5.75 Å². The fraction of sp³-hybridized carbons (Fsp3) is 0.680. The van der Waals surface area contributed by atoms with Crippen molar-refractivity contribution in [2.75, 3.05) is 6.61 Å². The highest BCUT2D eigenvalue weighted by atomic mass is 16.6. The molecule has 3 atom stereocenters. The lowest BCUT2D eigenvalue weighted by molar-refractivity contribution is 0.296. The second kappa shape index (κ2) is 13.8. The van der Waals surface area contributed by atoms with Crippen LogP contribution in [-0.4, -0.2) is 18.8 Å². The Kier molecular flexibility index (Phi) is 11.3. The minimum Gasteiger partial charge on any atom is -0.494 e. The van der Waals surface area contributed by atoms with Gasteiger partial charge in [0, 0.05) is 0 Å². The molecule has 1 fully saturated rings. The Labute approximate surface area is 167 Å². The molecule has 0 radical (unpaired) electrons. The van der Waals surface area contributed by atoms with Crippen LogP contribution < -0.4 is 4.74 Å². The van der Waals surface area contributed by atoms with E-state index >= 15 is 0 Å². The van der Waals surface area contributed by atoms with Gasteiger partial charge in [-0.25, -0.2) is 0 Å². The highest BCUT2D eigenvalue weighted by Crippen LogP contribution is 2.31. The maximum absolute atomic E-state index is 5.80. The van der Waals surface area contributed by atoms with E-state index in [1.807, 2.05) is 30.3 Å². The average Bonchev–Trinajstić information content (AvgIpc) is 3.43. The highest BCUT2D eigenvalue weighted by Gasteiger charge is 2.36. The van der Waals surface area contributed by atoms with Gasteiger partial charge in [0.25, 0.3) is 0 Å². The summed E-state index contributed by atoms with van der Waals surface area (Å²) in [6.07, 6.45) is 20.1. The van der Waals surface area contributed by atoms with Gasteiger partial charge in [-0.05, 0) is 50.2 Å². The Balaban J connectivity index is 1.37. The molecule has 2 heteroatoms. The van der Waals surface area contributed by atoms with Gasteiger partial charge in [0.1, 0.15) is 5.75 Å². The normalized spacial score (nSPS) is 20.1. The molecule has 1 heterocycles. The minimum atomic E-state index is 0.585. The molecule has 0 spiro atoms. The van der Waals surface area contributed by atoms with Crippen molar-refractivity contribution in [3.05, 3.63) is 42.5 Å². The van der Waals surface area contributed by atoms with E-state index in [-0.39, 0.29) is 0 Å². The van der Waals surface area contributed by atoms with Crippen molar-refractivity contribution in [1.82, 2.24) is 0 Å². The van der Waals surface area contributed by atoms with Crippen LogP contribution in [0.5, 0.6) is 5.75 Å². The van der Waals surface area contributed by atoms with Gasteiger partial charge in [-0.15, -0.1) is 0 Å². The predicted molar refractivity (Wildman–Crippen MR) is 115 cm³/mol. The molecule has 0 bridgehead atoms. The molecule has 0 aliphatic carbocycles. The van der Waals surface area contributed by atoms with E-state index in [0.29, 0.717) is 18.1 Å². The Morgan fingerprint density at radius 3 is 2.37 bits per heavy atom. The molecule has 0 amide bonds. The lowest BCUT2D eigenvalue weighted by Crippen LogP contribution is -2.02. The maximum atomic E-state index is 5.80. The fourth-order valence-corrected chi connectivity index (χ4v) is 3.55. The van der Waals surface area contributed by atoms with E-state index in [4.69, 9.17) is 9.47 Å². The second-order valence-electron chi connectivity index (χ2n) is 8.06. The SMILES string of the molecule is CCCCCCC1OC1CCCCCC=CC(C)CCOc1ccccc1. The third-order valence-electron chi connectivity index (χ3n) is 5.44. The molecule has 2 nitrogen and oxygen atoms in total. The quantitative estimate of drug-likeness (QED) is 0.172. The van der Waals surface area contributed by atoms with E-state index in [9.17, 15) is 0 Å². The number of allylic oxidation sites excluding steroid dienone is 2. The molecular formula is C25H40O2. The van der Waals surface area contributed by atoms with Crippen LogP contribution in [0.3, 0.4) is 0 Å². The maximum Gasteiger partial charge on any atom is 0.119 e. The molecule has 0 aromatic heterocycles. The van der Waals surface area contributed by atoms with Gasteiger partial charge >= 0.3 is 0 Å². The first-order valence-corrected chi connectivity index (χ1v) is 11.3. The van der Waals surface area contributed by atoms with Crippen LogP contribution in [0.1, 0.15) is 84.5 Å². The number of para-hydroxylation sites is 1. The lowest BCUT2D eigenvalue weighted by Gasteiger charge is -2.08. The Morgan fingerprint density at radius 2 is 1.67 bits per heavy atom. The van der Waals surface area contributed by atoms with Crippen molar-refractivity contribution in [1.29, 1.82) is 0 Å². The Morgan fingerprint density at radius 1 is 0.963 bits per heavy atom. The largest absolute Gasteiger partial charge is 0.494 e. The summed E-state index contributed by atoms with van der Waals surface area (Å²) in [4.78, 5) is 0. The molecule has 1 aromatic carbocycles. The van der Waals surface area contributed by atoms with Crippen molar-refractivity contribution in [3.63, 3.8) is 0 Å². The molecular weight excluding hydrogens is 332 g/mol. The van der Waals surface area contributed by atoms with Crippen molar-refractivity contribution in [2.24, 2.45) is 5.92 Å². The standard InChI is InChI=1S/C25H40O2/c1-3-4-5-13-18-24-25(27-24)19-14-8-6-7-10-15-22(2)20-21-26-23-16-11-9-12-17-23/h9-12,15-17,22,24-25H,3-8,13-14,18-21H2,1-2H3. The molecule has 1 aromatic rings. The summed E-state index contributed by atoms with van der Waals surface area (Å²) in [5.41, 5.74) is 0. The zero-order valence-electron chi connectivity index (χ0n) is 17.6. The smallest absolute Gasteiger partial charge is 0.119 e. The average molecular weight is 373 g/mol. The van der Waals surface area contributed by atoms with Gasteiger partial charge in [-0.3, -0.25) is 0 Å². The van der Waals surface area contributed by atoms with E-state index in [0.717, 1.165) is 18.8 Å². The summed E-state index contributed by atoms with van der Waals surface area (Å²) in [5, 5.41) is 0. The Hall–Kier alpha value is -1.28. The summed E-state index contributed by atoms with van der Waals surface area (Å²) in [5.74, 6) is 1.55. The topological polar surface area (TPSA) is 21.8 Å². The number of hydrogen-bond acceptors (Lipinski definition) is 2. The van der Waals surface area contributed by atoms with Gasteiger partial charge in [0.15, 0.2) is 0 Å². The fourth-order valence-electron chi connectivity index (χ4n) is 3.55. The van der Waals surface area contributed by atoms with Crippen LogP contribution >= 0.6 is 0 Å². The predicted octanol–water partition coefficient (Wildman–Crippen LogP) is 7.34. The van der Waals surface area contributed by atoms with Crippen LogP contribution in [0.15, 0.2) is 42.5 Å². The zero-order chi connectivity index (χ0) is 19.2. The van der Waals surface area contributed by atoms with Gasteiger partial charge in [-0.2, -0.15) is 0 Å². The van der Waals surface area contributed by atoms with Crippen LogP contribution in [-0.2, 0) is 4.74 Å². The van der Waals surface area contributed by atoms with Gasteiger partial charge in [0.05, 0.1) is 18.8 Å². The molecule has 0 saturated carbocycles. The zero-order valence-corrected chi connectivity index (χ0v) is 17.6. The van der Waals surface area contributed by atoms with Gasteiger partial charge in [-0.1, -0.05) is 82.7 Å². The third-order valence-corrected chi connectivity index (χ3v) is 5.44. The summed E-state index contributed by atoms with van der Waals surface area (Å²) in [6, 6.07) is 10.1. The van der Waals surface area contributed by atoms with Crippen LogP contribution in [0.2, 0.25) is 0 Å². The Bertz CT molecular complexity index is 496. The number of ether oxygens (including phenoxy) is 2. The molecule has 2 rings (SSSR count). The number of unbranched alkanes of at least 4 members (excludes halogenated alkanes) is 6. The summed E-state index contributed by atoms with van der Waals surface area (Å²) in [7, 11) is 0. The summed E-state index contributed by atoms with van der Waals surface area (Å²) >= 11 is 0. The summed E-state index contributed by atoms with van der Waals surface area (Å²) < 4.78 is 11.6. The second-order valence-corrected chi connectivity index (χ2v) is 8.06. The monoisotopic (exact) mass is 372 g/mol. The number of hydrogen-bond donors (Lipinski definition) is 0. The number of benzene rings is 1. The lowest BCUT2D eigenvalue weighted by atomic mass is 10.0. The van der Waals surface area contributed by atoms with Crippen molar-refractivity contribution in [2.45, 2.75) is 96.7 Å². The third kappa shape index (κ3) is 10.6. The summed E-state index contributed by atoms with van der Waals surface area (Å²) in [6.45, 7) is 5.33. The van der Waals surface area contributed by atoms with Gasteiger partial charge in [0.2, 0.25) is 0 Å². The van der Waals surface area contributed by atoms with Crippen LogP contribution in [0.25, 0.3) is 0 Å². The molecule has 27 heavy (non-hydrogen) atoms. The van der Waals surface area contributed by atoms with Crippen molar-refractivity contribution >= 4 is 0 Å². The molecule has 1 aliphatic heterocycles. The van der Waals surface area contributed by atoms with E-state index in [1.165, 1.54) is 64.2 Å². The first kappa shape index (κ1) is 22.0. The molecule has 1 aliphatic rings. The van der Waals surface area contributed by atoms with E-state index < -0.39 is 0 Å². The minimum absolute atomic E-state index is 0.585. The van der Waals surface area contributed by atoms with Crippen LogP contribution in [0, 0.1) is 5.92 Å². The number of rotatable bonds is 16. The van der Waals surface area contributed by atoms with E-state index in [1.54, 1.807) is 0 Å². The highest BCUT2D eigenvalue weighted by molar-refractivity contribution is 5.20. The molecule has 1 saturated heterocycles. The molecule has 0 N–H and O–H groups in total. The number of epoxide rings is 1. The first-order chi connectivity index (χ1) is 13.3. The first-order valence-electron chi connectivity index (χ1n) is 11.3. The van der Waals surface area contributed by atoms with Crippen molar-refractivity contribution < 1.29 is 9.47 Å². The van der Waals surface area contributed by atoms with Crippen LogP contribution in [0.4, 0.5) is 0 Å². The van der Waals surface area contributed by atoms with Gasteiger partial charge < -0.3 is 9.47 Å².